The molecule has 19 heavy (non-hydrogen) atoms. The molecule has 2 unspecified atom stereocenters. The molecule has 104 valence electrons. The quantitative estimate of drug-likeness (QED) is 0.678. The summed E-state index contributed by atoms with van der Waals surface area (Å²) in [6.45, 7) is 2.74. The van der Waals surface area contributed by atoms with Crippen molar-refractivity contribution in [2.75, 3.05) is 6.54 Å². The van der Waals surface area contributed by atoms with Gasteiger partial charge in [-0.1, -0.05) is 17.8 Å². The van der Waals surface area contributed by atoms with E-state index in [1.165, 1.54) is 6.07 Å². The van der Waals surface area contributed by atoms with Gasteiger partial charge in [0.1, 0.15) is 6.04 Å². The number of carboxylic acid groups (broad SMARTS) is 1. The molecule has 1 aliphatic rings. The lowest BCUT2D eigenvalue weighted by Gasteiger charge is -2.37. The van der Waals surface area contributed by atoms with Crippen molar-refractivity contribution in [3.8, 4) is 0 Å². The molecule has 0 aromatic carbocycles. The third-order valence-electron chi connectivity index (χ3n) is 3.48. The second kappa shape index (κ2) is 5.66. The number of rotatable bonds is 4. The summed E-state index contributed by atoms with van der Waals surface area (Å²) < 4.78 is 0. The van der Waals surface area contributed by atoms with Crippen LogP contribution in [0.5, 0.6) is 0 Å². The van der Waals surface area contributed by atoms with Crippen molar-refractivity contribution in [3.05, 3.63) is 27.1 Å². The molecule has 0 aliphatic carbocycles. The van der Waals surface area contributed by atoms with Crippen LogP contribution in [0.4, 0.5) is 5.00 Å². The van der Waals surface area contributed by atoms with E-state index in [1.807, 2.05) is 11.8 Å². The molecule has 2 atom stereocenters. The van der Waals surface area contributed by atoms with Gasteiger partial charge in [-0.05, 0) is 32.4 Å². The number of carbonyl (C=O) groups is 1. The van der Waals surface area contributed by atoms with Crippen LogP contribution in [0.15, 0.2) is 12.1 Å². The molecule has 1 saturated heterocycles. The zero-order valence-electron chi connectivity index (χ0n) is 10.6. The topological polar surface area (TPSA) is 83.7 Å². The van der Waals surface area contributed by atoms with Gasteiger partial charge in [0.05, 0.1) is 4.92 Å². The molecule has 1 N–H and O–H groups in total. The van der Waals surface area contributed by atoms with Crippen LogP contribution < -0.4 is 0 Å². The fraction of sp³-hybridized carbons (Fsp3) is 0.583. The largest absolute Gasteiger partial charge is 0.480 e. The van der Waals surface area contributed by atoms with Gasteiger partial charge in [0.25, 0.3) is 0 Å². The van der Waals surface area contributed by atoms with E-state index in [4.69, 9.17) is 0 Å². The highest BCUT2D eigenvalue weighted by molar-refractivity contribution is 7.15. The van der Waals surface area contributed by atoms with E-state index >= 15 is 0 Å². The Balaban J connectivity index is 2.28. The number of hydrogen-bond acceptors (Lipinski definition) is 5. The highest BCUT2D eigenvalue weighted by Crippen LogP contribution is 2.35. The Morgan fingerprint density at radius 3 is 2.84 bits per heavy atom. The molecule has 1 aromatic heterocycles. The fourth-order valence-corrected chi connectivity index (χ4v) is 3.45. The van der Waals surface area contributed by atoms with Crippen LogP contribution in [0.1, 0.15) is 37.1 Å². The lowest BCUT2D eigenvalue weighted by atomic mass is 10.0. The van der Waals surface area contributed by atoms with Gasteiger partial charge in [0.2, 0.25) is 0 Å². The zero-order valence-corrected chi connectivity index (χ0v) is 11.4. The smallest absolute Gasteiger partial charge is 0.326 e. The molecule has 1 aliphatic heterocycles. The molecule has 6 nitrogen and oxygen atoms in total. The van der Waals surface area contributed by atoms with Gasteiger partial charge < -0.3 is 5.11 Å². The van der Waals surface area contributed by atoms with Gasteiger partial charge in [-0.25, -0.2) is 0 Å². The lowest BCUT2D eigenvalue weighted by Crippen LogP contribution is -2.43. The van der Waals surface area contributed by atoms with Crippen LogP contribution in [-0.2, 0) is 4.79 Å². The van der Waals surface area contributed by atoms with E-state index in [1.54, 1.807) is 6.07 Å². The number of thiophene rings is 1. The minimum atomic E-state index is -0.939. The molecule has 2 heterocycles. The Morgan fingerprint density at radius 1 is 1.58 bits per heavy atom. The van der Waals surface area contributed by atoms with Crippen LogP contribution in [-0.4, -0.2) is 33.5 Å². The van der Waals surface area contributed by atoms with E-state index in [-0.39, 0.29) is 11.0 Å². The van der Waals surface area contributed by atoms with Crippen LogP contribution in [0, 0.1) is 10.1 Å². The van der Waals surface area contributed by atoms with Gasteiger partial charge in [0.15, 0.2) is 0 Å². The first-order valence-corrected chi connectivity index (χ1v) is 7.05. The highest BCUT2D eigenvalue weighted by Gasteiger charge is 2.34. The summed E-state index contributed by atoms with van der Waals surface area (Å²) in [6.07, 6.45) is 3.05. The Hall–Kier alpha value is -1.47. The first-order valence-electron chi connectivity index (χ1n) is 6.23. The first kappa shape index (κ1) is 14.0. The number of nitro groups is 1. The first-order chi connectivity index (χ1) is 9.00. The van der Waals surface area contributed by atoms with Crippen molar-refractivity contribution >= 4 is 22.3 Å². The number of aliphatic carboxylic acids is 1. The van der Waals surface area contributed by atoms with Crippen molar-refractivity contribution in [1.29, 1.82) is 0 Å². The number of piperidine rings is 1. The lowest BCUT2D eigenvalue weighted by molar-refractivity contribution is -0.380. The molecule has 1 aromatic rings. The summed E-state index contributed by atoms with van der Waals surface area (Å²) in [5.41, 5.74) is 0. The van der Waals surface area contributed by atoms with Crippen LogP contribution >= 0.6 is 11.3 Å². The van der Waals surface area contributed by atoms with Gasteiger partial charge >= 0.3 is 11.0 Å². The highest BCUT2D eigenvalue weighted by atomic mass is 32.1. The molecule has 0 amide bonds. The summed E-state index contributed by atoms with van der Waals surface area (Å²) >= 11 is 0.952. The average molecular weight is 284 g/mol. The molecular weight excluding hydrogens is 268 g/mol. The summed E-state index contributed by atoms with van der Waals surface area (Å²) in [5, 5.41) is 20.1. The fourth-order valence-electron chi connectivity index (χ4n) is 2.52. The number of hydrogen-bond donors (Lipinski definition) is 1. The summed E-state index contributed by atoms with van der Waals surface area (Å²) in [7, 11) is 0. The van der Waals surface area contributed by atoms with E-state index in [0.717, 1.165) is 37.1 Å². The Bertz CT molecular complexity index is 488. The van der Waals surface area contributed by atoms with E-state index in [2.05, 4.69) is 0 Å². The van der Waals surface area contributed by atoms with Crippen molar-refractivity contribution in [2.24, 2.45) is 0 Å². The summed E-state index contributed by atoms with van der Waals surface area (Å²) in [6, 6.07) is 2.36. The third kappa shape index (κ3) is 2.93. The second-order valence-corrected chi connectivity index (χ2v) is 5.85. The summed E-state index contributed by atoms with van der Waals surface area (Å²) in [5.74, 6) is -0.939. The van der Waals surface area contributed by atoms with Gasteiger partial charge in [-0.15, -0.1) is 0 Å². The van der Waals surface area contributed by atoms with Crippen LogP contribution in [0.25, 0.3) is 0 Å². The van der Waals surface area contributed by atoms with Gasteiger partial charge in [-0.3, -0.25) is 19.8 Å². The standard InChI is InChI=1S/C12H16N2O4S/c1-8-4-2-3-7-13(8)11(12(15)16)9-5-6-10(19-9)14(17)18/h5-6,8,11H,2-4,7H2,1H3,(H,15,16). The SMILES string of the molecule is CC1CCCCN1C(C(=O)O)c1ccc([N+](=O)[O-])s1. The minimum Gasteiger partial charge on any atom is -0.480 e. The van der Waals surface area contributed by atoms with Crippen LogP contribution in [0.2, 0.25) is 0 Å². The Morgan fingerprint density at radius 2 is 2.32 bits per heavy atom. The van der Waals surface area contributed by atoms with Crippen molar-refractivity contribution in [2.45, 2.75) is 38.3 Å². The molecular formula is C12H16N2O4S. The minimum absolute atomic E-state index is 0.00841. The molecule has 0 spiro atoms. The third-order valence-corrected chi connectivity index (χ3v) is 4.57. The van der Waals surface area contributed by atoms with E-state index < -0.39 is 16.9 Å². The number of likely N-dealkylation sites (tertiary alicyclic amines) is 1. The maximum Gasteiger partial charge on any atom is 0.326 e. The molecule has 1 fully saturated rings. The molecule has 0 bridgehead atoms. The predicted molar refractivity (Wildman–Crippen MR) is 71.4 cm³/mol. The Labute approximate surface area is 114 Å². The van der Waals surface area contributed by atoms with Crippen molar-refractivity contribution in [1.82, 2.24) is 4.90 Å². The van der Waals surface area contributed by atoms with Crippen LogP contribution in [0.3, 0.4) is 0 Å². The van der Waals surface area contributed by atoms with E-state index in [9.17, 15) is 20.0 Å². The molecule has 0 saturated carbocycles. The number of nitrogens with zero attached hydrogens (tertiary/aromatic N) is 2. The second-order valence-electron chi connectivity index (χ2n) is 4.76. The maximum absolute atomic E-state index is 11.5. The van der Waals surface area contributed by atoms with Crippen molar-refractivity contribution < 1.29 is 14.8 Å². The number of carboxylic acids is 1. The monoisotopic (exact) mass is 284 g/mol. The molecule has 2 rings (SSSR count). The molecule has 0 radical (unpaired) electrons. The molecule has 7 heteroatoms. The van der Waals surface area contributed by atoms with E-state index in [0.29, 0.717) is 4.88 Å². The normalized spacial score (nSPS) is 22.1. The average Bonchev–Trinajstić information content (AvgIpc) is 2.81. The van der Waals surface area contributed by atoms with Gasteiger partial charge in [-0.2, -0.15) is 0 Å². The van der Waals surface area contributed by atoms with Gasteiger partial charge in [0, 0.05) is 17.0 Å². The maximum atomic E-state index is 11.5. The summed E-state index contributed by atoms with van der Waals surface area (Å²) in [4.78, 5) is 24.2. The Kier molecular flexibility index (Phi) is 4.16. The zero-order chi connectivity index (χ0) is 14.0. The van der Waals surface area contributed by atoms with Crippen molar-refractivity contribution in [3.63, 3.8) is 0 Å². The predicted octanol–water partition coefficient (Wildman–Crippen LogP) is 2.66.